The monoisotopic (exact) mass is 294 g/mol. The molecule has 1 unspecified atom stereocenters. The van der Waals surface area contributed by atoms with Crippen molar-refractivity contribution in [2.45, 2.75) is 31.8 Å². The van der Waals surface area contributed by atoms with Crippen LogP contribution in [0.2, 0.25) is 0 Å². The van der Waals surface area contributed by atoms with E-state index in [1.54, 1.807) is 6.92 Å². The zero-order valence-corrected chi connectivity index (χ0v) is 12.0. The summed E-state index contributed by atoms with van der Waals surface area (Å²) in [6, 6.07) is 0. The smallest absolute Gasteiger partial charge is 0.220 e. The lowest BCUT2D eigenvalue weighted by Gasteiger charge is -2.27. The first-order chi connectivity index (χ1) is 7.37. The van der Waals surface area contributed by atoms with Crippen molar-refractivity contribution < 1.29 is 9.90 Å². The highest BCUT2D eigenvalue weighted by Crippen LogP contribution is 2.03. The minimum absolute atomic E-state index is 0.0139. The topological polar surface area (TPSA) is 52.6 Å². The molecule has 4 nitrogen and oxygen atoms in total. The highest BCUT2D eigenvalue weighted by molar-refractivity contribution is 9.09. The van der Waals surface area contributed by atoms with E-state index in [0.29, 0.717) is 19.5 Å². The van der Waals surface area contributed by atoms with E-state index in [1.165, 1.54) is 0 Å². The fourth-order valence-electron chi connectivity index (χ4n) is 1.49. The third kappa shape index (κ3) is 9.12. The van der Waals surface area contributed by atoms with Crippen LogP contribution in [0.15, 0.2) is 0 Å². The fraction of sp³-hybridized carbons (Fsp3) is 0.909. The van der Waals surface area contributed by atoms with Gasteiger partial charge in [0.25, 0.3) is 0 Å². The SMILES string of the molecule is CN(C)CC(C)(O)CNC(=O)CCCCBr. The van der Waals surface area contributed by atoms with Crippen molar-refractivity contribution in [2.24, 2.45) is 0 Å². The van der Waals surface area contributed by atoms with E-state index in [4.69, 9.17) is 0 Å². The second kappa shape index (κ2) is 8.03. The number of carbonyl (C=O) groups excluding carboxylic acids is 1. The molecule has 0 aromatic carbocycles. The number of rotatable bonds is 8. The second-order valence-electron chi connectivity index (χ2n) is 4.66. The van der Waals surface area contributed by atoms with Crippen LogP contribution >= 0.6 is 15.9 Å². The van der Waals surface area contributed by atoms with E-state index < -0.39 is 5.60 Å². The summed E-state index contributed by atoms with van der Waals surface area (Å²) in [6.07, 6.45) is 2.41. The molecule has 16 heavy (non-hydrogen) atoms. The summed E-state index contributed by atoms with van der Waals surface area (Å²) in [7, 11) is 3.79. The Balaban J connectivity index is 3.72. The number of hydrogen-bond donors (Lipinski definition) is 2. The summed E-state index contributed by atoms with van der Waals surface area (Å²) in [5.41, 5.74) is -0.866. The summed E-state index contributed by atoms with van der Waals surface area (Å²) in [4.78, 5) is 13.3. The van der Waals surface area contributed by atoms with Gasteiger partial charge in [-0.2, -0.15) is 0 Å². The summed E-state index contributed by atoms with van der Waals surface area (Å²) in [5, 5.41) is 13.6. The summed E-state index contributed by atoms with van der Waals surface area (Å²) in [6.45, 7) is 2.57. The van der Waals surface area contributed by atoms with Crippen molar-refractivity contribution in [3.05, 3.63) is 0 Å². The molecule has 2 N–H and O–H groups in total. The molecule has 0 saturated carbocycles. The maximum Gasteiger partial charge on any atom is 0.220 e. The molecule has 0 heterocycles. The maximum atomic E-state index is 11.4. The van der Waals surface area contributed by atoms with Crippen molar-refractivity contribution in [2.75, 3.05) is 32.5 Å². The van der Waals surface area contributed by atoms with Crippen LogP contribution in [0, 0.1) is 0 Å². The largest absolute Gasteiger partial charge is 0.387 e. The number of aliphatic hydroxyl groups is 1. The Morgan fingerprint density at radius 1 is 1.44 bits per heavy atom. The highest BCUT2D eigenvalue weighted by Gasteiger charge is 2.21. The molecular formula is C11H23BrN2O2. The van der Waals surface area contributed by atoms with Gasteiger partial charge in [0.2, 0.25) is 5.91 Å². The molecule has 0 aliphatic rings. The number of nitrogens with one attached hydrogen (secondary N) is 1. The summed E-state index contributed by atoms with van der Waals surface area (Å²) < 4.78 is 0. The van der Waals surface area contributed by atoms with Gasteiger partial charge >= 0.3 is 0 Å². The van der Waals surface area contributed by atoms with Crippen LogP contribution in [0.5, 0.6) is 0 Å². The predicted molar refractivity (Wildman–Crippen MR) is 69.8 cm³/mol. The minimum Gasteiger partial charge on any atom is -0.387 e. The molecule has 0 radical (unpaired) electrons. The Morgan fingerprint density at radius 3 is 2.56 bits per heavy atom. The number of likely N-dealkylation sites (N-methyl/N-ethyl adjacent to an activating group) is 1. The molecule has 0 aliphatic heterocycles. The van der Waals surface area contributed by atoms with Gasteiger partial charge < -0.3 is 15.3 Å². The molecule has 1 atom stereocenters. The number of hydrogen-bond acceptors (Lipinski definition) is 3. The first-order valence-electron chi connectivity index (χ1n) is 5.57. The third-order valence-corrected chi connectivity index (χ3v) is 2.67. The van der Waals surface area contributed by atoms with Crippen LogP contribution in [0.25, 0.3) is 0 Å². The van der Waals surface area contributed by atoms with Crippen LogP contribution < -0.4 is 5.32 Å². The van der Waals surface area contributed by atoms with Crippen LogP contribution in [-0.2, 0) is 4.79 Å². The Morgan fingerprint density at radius 2 is 2.06 bits per heavy atom. The predicted octanol–water partition coefficient (Wildman–Crippen LogP) is 0.980. The molecular weight excluding hydrogens is 272 g/mol. The first-order valence-corrected chi connectivity index (χ1v) is 6.69. The number of halogens is 1. The van der Waals surface area contributed by atoms with Crippen LogP contribution in [0.4, 0.5) is 0 Å². The van der Waals surface area contributed by atoms with Gasteiger partial charge in [-0.25, -0.2) is 0 Å². The average molecular weight is 295 g/mol. The quantitative estimate of drug-likeness (QED) is 0.518. The van der Waals surface area contributed by atoms with Gasteiger partial charge in [-0.05, 0) is 33.9 Å². The second-order valence-corrected chi connectivity index (χ2v) is 5.45. The van der Waals surface area contributed by atoms with E-state index in [9.17, 15) is 9.90 Å². The van der Waals surface area contributed by atoms with E-state index in [-0.39, 0.29) is 5.91 Å². The van der Waals surface area contributed by atoms with Crippen molar-refractivity contribution in [1.29, 1.82) is 0 Å². The van der Waals surface area contributed by atoms with Gasteiger partial charge in [-0.1, -0.05) is 15.9 Å². The molecule has 0 rings (SSSR count). The molecule has 0 spiro atoms. The standard InChI is InChI=1S/C11H23BrN2O2/c1-11(16,9-14(2)3)8-13-10(15)6-4-5-7-12/h16H,4-9H2,1-3H3,(H,13,15). The third-order valence-electron chi connectivity index (χ3n) is 2.11. The number of nitrogens with zero attached hydrogens (tertiary/aromatic N) is 1. The van der Waals surface area contributed by atoms with Gasteiger partial charge in [0.15, 0.2) is 0 Å². The van der Waals surface area contributed by atoms with Crippen LogP contribution in [0.3, 0.4) is 0 Å². The molecule has 5 heteroatoms. The van der Waals surface area contributed by atoms with Crippen molar-refractivity contribution in [3.63, 3.8) is 0 Å². The van der Waals surface area contributed by atoms with Gasteiger partial charge in [0, 0.05) is 24.8 Å². The lowest BCUT2D eigenvalue weighted by atomic mass is 10.1. The van der Waals surface area contributed by atoms with E-state index >= 15 is 0 Å². The Labute approximate surface area is 107 Å². The Hall–Kier alpha value is -0.130. The lowest BCUT2D eigenvalue weighted by molar-refractivity contribution is -0.122. The number of amides is 1. The normalized spacial score (nSPS) is 14.9. The Kier molecular flexibility index (Phi) is 7.97. The molecule has 0 aliphatic carbocycles. The zero-order valence-electron chi connectivity index (χ0n) is 10.4. The minimum atomic E-state index is -0.866. The molecule has 0 saturated heterocycles. The molecule has 0 aromatic rings. The summed E-state index contributed by atoms with van der Waals surface area (Å²) in [5.74, 6) is 0.0139. The Bertz CT molecular complexity index is 208. The van der Waals surface area contributed by atoms with Crippen molar-refractivity contribution in [3.8, 4) is 0 Å². The number of unbranched alkanes of at least 4 members (excludes halogenated alkanes) is 1. The highest BCUT2D eigenvalue weighted by atomic mass is 79.9. The van der Waals surface area contributed by atoms with E-state index in [1.807, 2.05) is 19.0 Å². The van der Waals surface area contributed by atoms with Crippen molar-refractivity contribution in [1.82, 2.24) is 10.2 Å². The molecule has 1 amide bonds. The average Bonchev–Trinajstić information content (AvgIpc) is 2.13. The summed E-state index contributed by atoms with van der Waals surface area (Å²) >= 11 is 3.32. The first kappa shape index (κ1) is 15.9. The van der Waals surface area contributed by atoms with E-state index in [0.717, 1.165) is 18.2 Å². The zero-order chi connectivity index (χ0) is 12.6. The molecule has 0 fully saturated rings. The van der Waals surface area contributed by atoms with E-state index in [2.05, 4.69) is 21.2 Å². The van der Waals surface area contributed by atoms with Gasteiger partial charge in [0.1, 0.15) is 0 Å². The van der Waals surface area contributed by atoms with Gasteiger partial charge in [-0.15, -0.1) is 0 Å². The lowest BCUT2D eigenvalue weighted by Crippen LogP contribution is -2.47. The van der Waals surface area contributed by atoms with Crippen LogP contribution in [-0.4, -0.2) is 54.0 Å². The fourth-order valence-corrected chi connectivity index (χ4v) is 1.89. The molecule has 0 bridgehead atoms. The number of carbonyl (C=O) groups is 1. The van der Waals surface area contributed by atoms with Crippen molar-refractivity contribution >= 4 is 21.8 Å². The molecule has 0 aromatic heterocycles. The molecule has 96 valence electrons. The van der Waals surface area contributed by atoms with Gasteiger partial charge in [-0.3, -0.25) is 4.79 Å². The maximum absolute atomic E-state index is 11.4. The van der Waals surface area contributed by atoms with Gasteiger partial charge in [0.05, 0.1) is 5.60 Å². The van der Waals surface area contributed by atoms with Crippen LogP contribution in [0.1, 0.15) is 26.2 Å². The number of alkyl halides is 1.